The van der Waals surface area contributed by atoms with Crippen LogP contribution >= 0.6 is 24.8 Å². The fourth-order valence-corrected chi connectivity index (χ4v) is 3.17. The third kappa shape index (κ3) is 4.42. The Hall–Kier alpha value is -2.12. The van der Waals surface area contributed by atoms with Crippen LogP contribution < -0.4 is 11.1 Å². The number of anilines is 1. The summed E-state index contributed by atoms with van der Waals surface area (Å²) in [6, 6.07) is 15.7. The first-order valence-electron chi connectivity index (χ1n) is 8.43. The minimum Gasteiger partial charge on any atom is -0.364 e. The number of benzene rings is 2. The number of hydrogen-bond donors (Lipinski definition) is 2. The number of halogens is 2. The summed E-state index contributed by atoms with van der Waals surface area (Å²) in [6.07, 6.45) is 2.93. The Labute approximate surface area is 169 Å². The van der Waals surface area contributed by atoms with Gasteiger partial charge in [-0.3, -0.25) is 9.36 Å². The number of amides is 1. The van der Waals surface area contributed by atoms with E-state index in [1.54, 1.807) is 6.33 Å². The summed E-state index contributed by atoms with van der Waals surface area (Å²) in [5, 5.41) is 2.91. The number of fused-ring (bicyclic) bond motifs is 1. The zero-order chi connectivity index (χ0) is 17.2. The number of carbonyl (C=O) groups excluding carboxylic acids is 1. The number of hydrogen-bond acceptors (Lipinski definition) is 4. The van der Waals surface area contributed by atoms with Crippen LogP contribution in [0.2, 0.25) is 0 Å². The fourth-order valence-electron chi connectivity index (χ4n) is 3.17. The normalized spacial score (nSPS) is 18.6. The van der Waals surface area contributed by atoms with Gasteiger partial charge in [-0.25, -0.2) is 4.98 Å². The molecule has 0 unspecified atom stereocenters. The highest BCUT2D eigenvalue weighted by Gasteiger charge is 2.29. The molecule has 6 nitrogen and oxygen atoms in total. The number of nitrogens with two attached hydrogens (primary N) is 1. The van der Waals surface area contributed by atoms with Gasteiger partial charge in [-0.1, -0.05) is 12.1 Å². The smallest absolute Gasteiger partial charge is 0.253 e. The molecule has 1 aliphatic rings. The Morgan fingerprint density at radius 2 is 1.89 bits per heavy atom. The van der Waals surface area contributed by atoms with Gasteiger partial charge in [0.15, 0.2) is 0 Å². The molecule has 3 N–H and O–H groups in total. The molecule has 3 aromatic rings. The van der Waals surface area contributed by atoms with Gasteiger partial charge in [0.1, 0.15) is 12.4 Å². The van der Waals surface area contributed by atoms with Gasteiger partial charge in [0.25, 0.3) is 5.91 Å². The van der Waals surface area contributed by atoms with E-state index < -0.39 is 6.10 Å². The average molecular weight is 409 g/mol. The van der Waals surface area contributed by atoms with Crippen LogP contribution in [0.15, 0.2) is 54.9 Å². The van der Waals surface area contributed by atoms with Gasteiger partial charge in [-0.15, -0.1) is 24.8 Å². The Balaban J connectivity index is 0.00000131. The number of imidazole rings is 1. The van der Waals surface area contributed by atoms with E-state index in [1.165, 1.54) is 0 Å². The van der Waals surface area contributed by atoms with Crippen LogP contribution in [-0.4, -0.2) is 34.2 Å². The van der Waals surface area contributed by atoms with Gasteiger partial charge < -0.3 is 15.8 Å². The number of nitrogens with one attached hydrogen (secondary N) is 1. The van der Waals surface area contributed by atoms with Gasteiger partial charge in [0, 0.05) is 17.9 Å². The highest BCUT2D eigenvalue weighted by atomic mass is 35.5. The van der Waals surface area contributed by atoms with Crippen LogP contribution in [0.4, 0.5) is 5.69 Å². The molecule has 0 aliphatic carbocycles. The van der Waals surface area contributed by atoms with Crippen LogP contribution in [0.5, 0.6) is 0 Å². The number of nitrogens with zero attached hydrogens (tertiary/aromatic N) is 2. The molecule has 0 spiro atoms. The molecule has 2 aromatic carbocycles. The molecule has 27 heavy (non-hydrogen) atoms. The van der Waals surface area contributed by atoms with E-state index in [9.17, 15) is 4.79 Å². The van der Waals surface area contributed by atoms with Crippen molar-refractivity contribution in [2.45, 2.75) is 25.0 Å². The second kappa shape index (κ2) is 9.19. The third-order valence-corrected chi connectivity index (χ3v) is 4.53. The second-order valence-electron chi connectivity index (χ2n) is 6.20. The zero-order valence-electron chi connectivity index (χ0n) is 14.6. The van der Waals surface area contributed by atoms with Crippen molar-refractivity contribution in [1.29, 1.82) is 0 Å². The summed E-state index contributed by atoms with van der Waals surface area (Å²) in [4.78, 5) is 16.7. The molecule has 1 saturated heterocycles. The molecule has 4 rings (SSSR count). The van der Waals surface area contributed by atoms with Crippen molar-refractivity contribution in [1.82, 2.24) is 9.55 Å². The number of para-hydroxylation sites is 2. The summed E-state index contributed by atoms with van der Waals surface area (Å²) in [5.74, 6) is -0.114. The Kier molecular flexibility index (Phi) is 7.21. The van der Waals surface area contributed by atoms with Gasteiger partial charge >= 0.3 is 0 Å². The first-order valence-corrected chi connectivity index (χ1v) is 8.43. The van der Waals surface area contributed by atoms with Gasteiger partial charge in [-0.05, 0) is 49.2 Å². The monoisotopic (exact) mass is 408 g/mol. The maximum atomic E-state index is 12.3. The maximum absolute atomic E-state index is 12.3. The third-order valence-electron chi connectivity index (χ3n) is 4.53. The lowest BCUT2D eigenvalue weighted by molar-refractivity contribution is -0.126. The van der Waals surface area contributed by atoms with Crippen LogP contribution in [0.1, 0.15) is 12.8 Å². The van der Waals surface area contributed by atoms with Crippen LogP contribution in [-0.2, 0) is 9.53 Å². The number of carbonyl (C=O) groups is 1. The fraction of sp³-hybridized carbons (Fsp3) is 0.263. The lowest BCUT2D eigenvalue weighted by atomic mass is 10.2. The largest absolute Gasteiger partial charge is 0.364 e. The number of ether oxygens (including phenoxy) is 1. The molecule has 1 aliphatic heterocycles. The van der Waals surface area contributed by atoms with Gasteiger partial charge in [-0.2, -0.15) is 0 Å². The molecule has 0 radical (unpaired) electrons. The molecule has 2 heterocycles. The highest BCUT2D eigenvalue weighted by molar-refractivity contribution is 5.94. The molecule has 1 aromatic heterocycles. The van der Waals surface area contributed by atoms with E-state index in [2.05, 4.69) is 10.3 Å². The predicted molar refractivity (Wildman–Crippen MR) is 111 cm³/mol. The first-order chi connectivity index (χ1) is 12.2. The molecule has 1 fully saturated rings. The highest BCUT2D eigenvalue weighted by Crippen LogP contribution is 2.22. The van der Waals surface area contributed by atoms with Crippen molar-refractivity contribution in [2.75, 3.05) is 11.9 Å². The molecule has 2 atom stereocenters. The minimum atomic E-state index is -0.411. The van der Waals surface area contributed by atoms with Crippen LogP contribution in [0.25, 0.3) is 16.7 Å². The molecule has 1 amide bonds. The van der Waals surface area contributed by atoms with E-state index in [1.807, 2.05) is 53.1 Å². The molecular formula is C19H22Cl2N4O2. The topological polar surface area (TPSA) is 82.2 Å². The Bertz CT molecular complexity index is 898. The Morgan fingerprint density at radius 1 is 1.15 bits per heavy atom. The summed E-state index contributed by atoms with van der Waals surface area (Å²) >= 11 is 0. The average Bonchev–Trinajstić information content (AvgIpc) is 3.29. The van der Waals surface area contributed by atoms with E-state index >= 15 is 0 Å². The molecular weight excluding hydrogens is 387 g/mol. The van der Waals surface area contributed by atoms with Crippen molar-refractivity contribution in [3.8, 4) is 5.69 Å². The van der Waals surface area contributed by atoms with Crippen molar-refractivity contribution in [3.05, 3.63) is 54.9 Å². The van der Waals surface area contributed by atoms with Crippen LogP contribution in [0.3, 0.4) is 0 Å². The van der Waals surface area contributed by atoms with Crippen molar-refractivity contribution < 1.29 is 9.53 Å². The molecule has 0 saturated carbocycles. The van der Waals surface area contributed by atoms with Crippen LogP contribution in [0, 0.1) is 0 Å². The van der Waals surface area contributed by atoms with Gasteiger partial charge in [0.05, 0.1) is 17.1 Å². The van der Waals surface area contributed by atoms with Gasteiger partial charge in [0.2, 0.25) is 0 Å². The molecule has 8 heteroatoms. The summed E-state index contributed by atoms with van der Waals surface area (Å²) < 4.78 is 7.65. The SMILES string of the molecule is Cl.Cl.NC[C@H]1CC[C@@H](C(=O)Nc2ccc(-n3cnc4ccccc43)cc2)O1. The minimum absolute atomic E-state index is 0. The van der Waals surface area contributed by atoms with Crippen molar-refractivity contribution in [3.63, 3.8) is 0 Å². The maximum Gasteiger partial charge on any atom is 0.253 e. The van der Waals surface area contributed by atoms with Crippen molar-refractivity contribution in [2.24, 2.45) is 5.73 Å². The lowest BCUT2D eigenvalue weighted by Crippen LogP contribution is -2.29. The first kappa shape index (κ1) is 21.2. The predicted octanol–water partition coefficient (Wildman–Crippen LogP) is 3.31. The summed E-state index contributed by atoms with van der Waals surface area (Å²) in [5.41, 5.74) is 9.33. The molecule has 0 bridgehead atoms. The Morgan fingerprint density at radius 3 is 2.59 bits per heavy atom. The summed E-state index contributed by atoms with van der Waals surface area (Å²) in [7, 11) is 0. The summed E-state index contributed by atoms with van der Waals surface area (Å²) in [6.45, 7) is 0.456. The van der Waals surface area contributed by atoms with E-state index in [0.29, 0.717) is 13.0 Å². The number of rotatable bonds is 4. The lowest BCUT2D eigenvalue weighted by Gasteiger charge is -2.13. The van der Waals surface area contributed by atoms with Crippen molar-refractivity contribution >= 4 is 47.4 Å². The van der Waals surface area contributed by atoms with E-state index in [-0.39, 0.29) is 36.8 Å². The van der Waals surface area contributed by atoms with E-state index in [4.69, 9.17) is 10.5 Å². The second-order valence-corrected chi connectivity index (χ2v) is 6.20. The van der Waals surface area contributed by atoms with E-state index in [0.717, 1.165) is 28.8 Å². The standard InChI is InChI=1S/C19H20N4O2.2ClH/c20-11-15-9-10-18(25-15)19(24)22-13-5-7-14(8-6-13)23-12-21-16-3-1-2-4-17(16)23;;/h1-8,12,15,18H,9-11,20H2,(H,22,24);2*1H/t15-,18+;;/m1../s1. The zero-order valence-corrected chi connectivity index (χ0v) is 16.2. The molecule has 144 valence electrons. The quantitative estimate of drug-likeness (QED) is 0.693. The number of aromatic nitrogens is 2.